The minimum Gasteiger partial charge on any atom is -0.310 e. The molecule has 2 aliphatic rings. The molecule has 0 aliphatic carbocycles. The van der Waals surface area contributed by atoms with E-state index in [9.17, 15) is 10.5 Å². The Morgan fingerprint density at radius 3 is 0.734 bits per heavy atom. The van der Waals surface area contributed by atoms with Crippen molar-refractivity contribution in [2.24, 2.45) is 0 Å². The van der Waals surface area contributed by atoms with E-state index in [4.69, 9.17) is 0 Å². The highest BCUT2D eigenvalue weighted by molar-refractivity contribution is 7.00. The molecule has 0 saturated carbocycles. The molecule has 0 unspecified atom stereocenters. The molecule has 2 aliphatic heterocycles. The van der Waals surface area contributed by atoms with E-state index in [1.807, 2.05) is 24.3 Å². The number of anilines is 6. The minimum atomic E-state index is -0.376. The van der Waals surface area contributed by atoms with Crippen LogP contribution in [0.15, 0.2) is 206 Å². The lowest BCUT2D eigenvalue weighted by Gasteiger charge is -2.47. The van der Waals surface area contributed by atoms with E-state index in [2.05, 4.69) is 391 Å². The second kappa shape index (κ2) is 27.0. The van der Waals surface area contributed by atoms with Crippen molar-refractivity contribution in [3.8, 4) is 78.9 Å². The van der Waals surface area contributed by atoms with Crippen molar-refractivity contribution >= 4 is 57.2 Å². The van der Waals surface area contributed by atoms with Crippen LogP contribution in [0.5, 0.6) is 0 Å². The van der Waals surface area contributed by atoms with Crippen molar-refractivity contribution in [2.45, 2.75) is 236 Å². The summed E-state index contributed by atoms with van der Waals surface area (Å²) in [5.41, 5.74) is 34.2. The highest BCUT2D eigenvalue weighted by atomic mass is 15.2. The standard InChI is InChI=1S/C104H115BN4/c1-96(2,3)72-36-28-32-68(48-72)81-52-76(100(13,14)15)53-82(69-33-29-37-73(49-69)97(4,5)6)94(81)108-89-60-85(103(22,23)24)79(66-44-40-64(62-106)41-45-66)58-87(89)105-88-59-80(67-46-42-65(63-107)43-47-67)86(104(25,26)27)61-90(88)109(92-57-78(102(19,20)21)56-91(108)93(92)105)95-83(70-34-30-38-74(50-70)98(7,8)9)54-77(101(16,17)18)55-84(95)71-35-31-39-75(51-71)99(10,11)12/h28-61H,1-27H3. The lowest BCUT2D eigenvalue weighted by Crippen LogP contribution is -2.62. The number of rotatable bonds is 8. The Labute approximate surface area is 655 Å². The first-order valence-corrected chi connectivity index (χ1v) is 39.6. The molecule has 554 valence electrons. The summed E-state index contributed by atoms with van der Waals surface area (Å²) in [7, 11) is 0. The van der Waals surface area contributed by atoms with Crippen LogP contribution in [-0.2, 0) is 48.7 Å². The maximum atomic E-state index is 10.4. The van der Waals surface area contributed by atoms with E-state index in [1.54, 1.807) is 0 Å². The van der Waals surface area contributed by atoms with E-state index < -0.39 is 0 Å². The van der Waals surface area contributed by atoms with Gasteiger partial charge in [-0.1, -0.05) is 320 Å². The third-order valence-corrected chi connectivity index (χ3v) is 23.0. The third kappa shape index (κ3) is 14.7. The van der Waals surface area contributed by atoms with Gasteiger partial charge in [0.15, 0.2) is 0 Å². The maximum absolute atomic E-state index is 10.4. The zero-order valence-corrected chi connectivity index (χ0v) is 70.5. The molecule has 11 aromatic carbocycles. The fourth-order valence-corrected chi connectivity index (χ4v) is 16.3. The Morgan fingerprint density at radius 1 is 0.239 bits per heavy atom. The summed E-state index contributed by atoms with van der Waals surface area (Å²) < 4.78 is 0. The summed E-state index contributed by atoms with van der Waals surface area (Å²) in [6.07, 6.45) is 0. The van der Waals surface area contributed by atoms with Crippen LogP contribution in [0.25, 0.3) is 66.8 Å². The van der Waals surface area contributed by atoms with E-state index in [1.165, 1.54) is 66.5 Å². The van der Waals surface area contributed by atoms with Gasteiger partial charge in [0.25, 0.3) is 6.71 Å². The van der Waals surface area contributed by atoms with Gasteiger partial charge in [-0.05, 0) is 232 Å². The molecule has 0 fully saturated rings. The number of fused-ring (bicyclic) bond motifs is 4. The van der Waals surface area contributed by atoms with Crippen LogP contribution >= 0.6 is 0 Å². The Bertz CT molecular complexity index is 5010. The quantitative estimate of drug-likeness (QED) is 0.142. The largest absolute Gasteiger partial charge is 0.310 e. The summed E-state index contributed by atoms with van der Waals surface area (Å²) in [6, 6.07) is 85.0. The Balaban J connectivity index is 1.34. The van der Waals surface area contributed by atoms with Crippen LogP contribution in [0.3, 0.4) is 0 Å². The van der Waals surface area contributed by atoms with Crippen molar-refractivity contribution in [3.63, 3.8) is 0 Å². The summed E-state index contributed by atoms with van der Waals surface area (Å²) in [4.78, 5) is 5.53. The molecule has 2 heterocycles. The lowest BCUT2D eigenvalue weighted by molar-refractivity contribution is 0.589. The zero-order chi connectivity index (χ0) is 79.2. The lowest BCUT2D eigenvalue weighted by atomic mass is 9.33. The second-order valence-electron chi connectivity index (χ2n) is 40.7. The zero-order valence-electron chi connectivity index (χ0n) is 70.5. The molecule has 0 saturated heterocycles. The van der Waals surface area contributed by atoms with E-state index in [-0.39, 0.29) is 55.4 Å². The molecule has 0 N–H and O–H groups in total. The highest BCUT2D eigenvalue weighted by Crippen LogP contribution is 2.57. The van der Waals surface area contributed by atoms with Crippen LogP contribution in [0.4, 0.5) is 34.1 Å². The summed E-state index contributed by atoms with van der Waals surface area (Å²) in [5.74, 6) is 0. The minimum absolute atomic E-state index is 0.151. The monoisotopic (exact) mass is 1430 g/mol. The van der Waals surface area contributed by atoms with Crippen molar-refractivity contribution < 1.29 is 0 Å². The Hall–Kier alpha value is -9.94. The SMILES string of the molecule is CC(C)(C)c1cccc(-c2cc(C(C)(C)C)cc(-c3cccc(C(C)(C)C)c3)c2N2c3cc(C(C)(C)C)c(-c4ccc(C#N)cc4)cc3B3c4cc(-c5ccc(C#N)cc5)c(C(C)(C)C)cc4N(c4c(-c5cccc(C(C)(C)C)c5)cc(C(C)(C)C)cc4-c4cccc(C(C)(C)C)c4)c4cc(C(C)(C)C)cc2c43)c1. The second-order valence-corrected chi connectivity index (χ2v) is 40.7. The van der Waals surface area contributed by atoms with Gasteiger partial charge < -0.3 is 9.80 Å². The van der Waals surface area contributed by atoms with Gasteiger partial charge in [0.05, 0.1) is 34.6 Å². The smallest absolute Gasteiger partial charge is 0.252 e. The van der Waals surface area contributed by atoms with Gasteiger partial charge in [-0.2, -0.15) is 10.5 Å². The van der Waals surface area contributed by atoms with Gasteiger partial charge in [-0.25, -0.2) is 0 Å². The average Bonchev–Trinajstić information content (AvgIpc) is 0.680. The number of hydrogen-bond donors (Lipinski definition) is 0. The van der Waals surface area contributed by atoms with Crippen molar-refractivity contribution in [2.75, 3.05) is 9.80 Å². The first-order chi connectivity index (χ1) is 50.6. The van der Waals surface area contributed by atoms with Crippen molar-refractivity contribution in [3.05, 3.63) is 267 Å². The normalized spacial score (nSPS) is 13.6. The predicted molar refractivity (Wildman–Crippen MR) is 471 cm³/mol. The summed E-state index contributed by atoms with van der Waals surface area (Å²) in [5, 5.41) is 20.9. The fourth-order valence-electron chi connectivity index (χ4n) is 16.3. The van der Waals surface area contributed by atoms with Crippen LogP contribution in [-0.4, -0.2) is 6.71 Å². The van der Waals surface area contributed by atoms with Gasteiger partial charge in [0.1, 0.15) is 0 Å². The van der Waals surface area contributed by atoms with Gasteiger partial charge >= 0.3 is 0 Å². The van der Waals surface area contributed by atoms with Crippen LogP contribution < -0.4 is 26.2 Å². The van der Waals surface area contributed by atoms with Crippen molar-refractivity contribution in [1.29, 1.82) is 10.5 Å². The van der Waals surface area contributed by atoms with Gasteiger partial charge in [-0.15, -0.1) is 0 Å². The summed E-state index contributed by atoms with van der Waals surface area (Å²) >= 11 is 0. The average molecular weight is 1430 g/mol. The van der Waals surface area contributed by atoms with E-state index in [0.29, 0.717) is 11.1 Å². The third-order valence-electron chi connectivity index (χ3n) is 23.0. The van der Waals surface area contributed by atoms with Gasteiger partial charge in [-0.3, -0.25) is 0 Å². The fraction of sp³-hybridized carbons (Fsp3) is 0.346. The molecule has 5 heteroatoms. The molecule has 0 aromatic heterocycles. The molecular weight excluding hydrogens is 1320 g/mol. The molecule has 0 spiro atoms. The van der Waals surface area contributed by atoms with Gasteiger partial charge in [0.2, 0.25) is 0 Å². The van der Waals surface area contributed by atoms with Crippen LogP contribution in [0, 0.1) is 22.7 Å². The molecule has 0 radical (unpaired) electrons. The van der Waals surface area contributed by atoms with E-state index in [0.717, 1.165) is 101 Å². The molecule has 4 nitrogen and oxygen atoms in total. The molecule has 109 heavy (non-hydrogen) atoms. The first-order valence-electron chi connectivity index (χ1n) is 39.6. The number of benzene rings is 11. The van der Waals surface area contributed by atoms with E-state index >= 15 is 0 Å². The molecule has 0 amide bonds. The number of hydrogen-bond acceptors (Lipinski definition) is 4. The Morgan fingerprint density at radius 2 is 0.495 bits per heavy atom. The predicted octanol–water partition coefficient (Wildman–Crippen LogP) is 27.2. The molecule has 13 rings (SSSR count). The van der Waals surface area contributed by atoms with Crippen molar-refractivity contribution in [1.82, 2.24) is 0 Å². The number of nitrogens with zero attached hydrogens (tertiary/aromatic N) is 4. The highest BCUT2D eigenvalue weighted by Gasteiger charge is 2.48. The molecule has 0 bridgehead atoms. The summed E-state index contributed by atoms with van der Waals surface area (Å²) in [6.45, 7) is 63.3. The van der Waals surface area contributed by atoms with Crippen LogP contribution in [0.1, 0.15) is 248 Å². The molecular formula is C104H115BN4. The van der Waals surface area contributed by atoms with Crippen LogP contribution in [0.2, 0.25) is 0 Å². The topological polar surface area (TPSA) is 54.1 Å². The molecule has 0 atom stereocenters. The first kappa shape index (κ1) is 77.2. The Kier molecular flexibility index (Phi) is 19.1. The molecule has 11 aromatic rings. The number of nitriles is 2. The van der Waals surface area contributed by atoms with Gasteiger partial charge in [0, 0.05) is 45.0 Å². The maximum Gasteiger partial charge on any atom is 0.252 e.